The molecule has 116 valence electrons. The maximum Gasteiger partial charge on any atom is 0.165 e. The Balaban J connectivity index is 1.69. The molecular weight excluding hydrogens is 262 g/mol. The number of carbonyl (C=O) groups excluding carboxylic acids is 1. The number of fused-ring (bicyclic) bond motifs is 1. The molecule has 4 heteroatoms. The molecule has 3 rings (SSSR count). The van der Waals surface area contributed by atoms with Gasteiger partial charge in [0, 0.05) is 56.1 Å². The predicted octanol–water partition coefficient (Wildman–Crippen LogP) is 1.88. The Kier molecular flexibility index (Phi) is 4.18. The lowest BCUT2D eigenvalue weighted by Crippen LogP contribution is -2.46. The number of hydrogen-bond acceptors (Lipinski definition) is 3. The third-order valence-electron chi connectivity index (χ3n) is 5.11. The van der Waals surface area contributed by atoms with Crippen LogP contribution in [0.2, 0.25) is 0 Å². The number of aryl methyl sites for hydroxylation is 1. The molecule has 0 saturated carbocycles. The fourth-order valence-electron chi connectivity index (χ4n) is 3.92. The second kappa shape index (κ2) is 5.93. The Bertz CT molecular complexity index is 526. The molecule has 1 aliphatic heterocycles. The maximum atomic E-state index is 12.5. The van der Waals surface area contributed by atoms with E-state index in [4.69, 9.17) is 0 Å². The Hall–Kier alpha value is -1.13. The van der Waals surface area contributed by atoms with Gasteiger partial charge in [-0.25, -0.2) is 0 Å². The molecule has 21 heavy (non-hydrogen) atoms. The molecule has 1 aromatic rings. The Morgan fingerprint density at radius 3 is 2.57 bits per heavy atom. The summed E-state index contributed by atoms with van der Waals surface area (Å²) in [5.41, 5.74) is 4.65. The third-order valence-corrected chi connectivity index (χ3v) is 5.11. The van der Waals surface area contributed by atoms with E-state index >= 15 is 0 Å². The topological polar surface area (TPSA) is 39.3 Å². The van der Waals surface area contributed by atoms with Gasteiger partial charge < -0.3 is 14.8 Å². The van der Waals surface area contributed by atoms with Crippen LogP contribution in [0.25, 0.3) is 0 Å². The number of Topliss-reactive ketones (excluding diaryl/α,β-unsaturated/α-hetero) is 1. The molecular formula is C17H27N3O. The second-order valence-corrected chi connectivity index (χ2v) is 6.74. The molecule has 4 nitrogen and oxygen atoms in total. The van der Waals surface area contributed by atoms with Gasteiger partial charge in [-0.2, -0.15) is 0 Å². The van der Waals surface area contributed by atoms with Crippen LogP contribution in [0.15, 0.2) is 0 Å². The fourth-order valence-corrected chi connectivity index (χ4v) is 3.92. The largest absolute Gasteiger partial charge is 0.362 e. The standard InChI is InChI=1S/C17H27N3O/c1-4-14-12(2)18-15-9-13(10-16(21)17(14)15)11-20-7-5-19(3)6-8-20/h13,18H,4-11H2,1-3H3. The highest BCUT2D eigenvalue weighted by Crippen LogP contribution is 2.30. The smallest absolute Gasteiger partial charge is 0.165 e. The van der Waals surface area contributed by atoms with E-state index in [0.717, 1.165) is 57.5 Å². The van der Waals surface area contributed by atoms with Crippen molar-refractivity contribution in [3.05, 3.63) is 22.5 Å². The number of carbonyl (C=O) groups is 1. The zero-order chi connectivity index (χ0) is 15.0. The minimum atomic E-state index is 0.358. The fraction of sp³-hybridized carbons (Fsp3) is 0.706. The number of H-pyrrole nitrogens is 1. The maximum absolute atomic E-state index is 12.5. The number of hydrogen-bond donors (Lipinski definition) is 1. The molecule has 1 saturated heterocycles. The summed E-state index contributed by atoms with van der Waals surface area (Å²) in [4.78, 5) is 20.9. The van der Waals surface area contributed by atoms with Crippen molar-refractivity contribution < 1.29 is 4.79 Å². The van der Waals surface area contributed by atoms with Crippen molar-refractivity contribution in [2.45, 2.75) is 33.1 Å². The third kappa shape index (κ3) is 2.92. The monoisotopic (exact) mass is 289 g/mol. The Labute approximate surface area is 127 Å². The first-order valence-electron chi connectivity index (χ1n) is 8.22. The van der Waals surface area contributed by atoms with Crippen molar-refractivity contribution in [2.75, 3.05) is 39.8 Å². The van der Waals surface area contributed by atoms with E-state index < -0.39 is 0 Å². The normalized spacial score (nSPS) is 24.3. The first-order valence-corrected chi connectivity index (χ1v) is 8.22. The van der Waals surface area contributed by atoms with Gasteiger partial charge in [0.15, 0.2) is 5.78 Å². The van der Waals surface area contributed by atoms with E-state index in [9.17, 15) is 4.79 Å². The van der Waals surface area contributed by atoms with Gasteiger partial charge in [0.1, 0.15) is 0 Å². The van der Waals surface area contributed by atoms with Gasteiger partial charge in [-0.3, -0.25) is 4.79 Å². The number of aromatic nitrogens is 1. The number of nitrogens with one attached hydrogen (secondary N) is 1. The zero-order valence-corrected chi connectivity index (χ0v) is 13.5. The van der Waals surface area contributed by atoms with Gasteiger partial charge in [-0.15, -0.1) is 0 Å². The van der Waals surface area contributed by atoms with Crippen LogP contribution >= 0.6 is 0 Å². The SMILES string of the molecule is CCc1c(C)[nH]c2c1C(=O)CC(CN1CCN(C)CC1)C2. The number of nitrogens with zero attached hydrogens (tertiary/aromatic N) is 2. The number of piperazine rings is 1. The molecule has 1 N–H and O–H groups in total. The summed E-state index contributed by atoms with van der Waals surface area (Å²) in [5, 5.41) is 0. The summed E-state index contributed by atoms with van der Waals surface area (Å²) in [6.45, 7) is 9.87. The molecule has 1 aliphatic carbocycles. The van der Waals surface area contributed by atoms with Crippen LogP contribution in [0.4, 0.5) is 0 Å². The van der Waals surface area contributed by atoms with Crippen LogP contribution in [-0.2, 0) is 12.8 Å². The summed E-state index contributed by atoms with van der Waals surface area (Å²) in [6.07, 6.45) is 2.71. The average molecular weight is 289 g/mol. The minimum Gasteiger partial charge on any atom is -0.362 e. The first-order chi connectivity index (χ1) is 10.1. The summed E-state index contributed by atoms with van der Waals surface area (Å²) < 4.78 is 0. The molecule has 0 bridgehead atoms. The molecule has 1 atom stereocenters. The van der Waals surface area contributed by atoms with E-state index in [1.54, 1.807) is 0 Å². The van der Waals surface area contributed by atoms with Crippen LogP contribution < -0.4 is 0 Å². The van der Waals surface area contributed by atoms with Crippen molar-refractivity contribution in [1.29, 1.82) is 0 Å². The molecule has 0 amide bonds. The van der Waals surface area contributed by atoms with Crippen molar-refractivity contribution >= 4 is 5.78 Å². The van der Waals surface area contributed by atoms with Gasteiger partial charge in [0.05, 0.1) is 0 Å². The lowest BCUT2D eigenvalue weighted by atomic mass is 9.84. The van der Waals surface area contributed by atoms with Gasteiger partial charge in [0.25, 0.3) is 0 Å². The van der Waals surface area contributed by atoms with E-state index in [1.165, 1.54) is 17.0 Å². The van der Waals surface area contributed by atoms with Crippen LogP contribution in [0, 0.1) is 12.8 Å². The van der Waals surface area contributed by atoms with E-state index in [2.05, 4.69) is 35.7 Å². The van der Waals surface area contributed by atoms with Gasteiger partial charge in [-0.1, -0.05) is 6.92 Å². The minimum absolute atomic E-state index is 0.358. The lowest BCUT2D eigenvalue weighted by molar-refractivity contribution is 0.0902. The molecule has 2 heterocycles. The molecule has 1 fully saturated rings. The highest BCUT2D eigenvalue weighted by atomic mass is 16.1. The molecule has 1 aromatic heterocycles. The quantitative estimate of drug-likeness (QED) is 0.923. The second-order valence-electron chi connectivity index (χ2n) is 6.74. The van der Waals surface area contributed by atoms with Crippen LogP contribution in [-0.4, -0.2) is 60.3 Å². The van der Waals surface area contributed by atoms with E-state index in [0.29, 0.717) is 11.7 Å². The van der Waals surface area contributed by atoms with Crippen molar-refractivity contribution in [1.82, 2.24) is 14.8 Å². The highest BCUT2D eigenvalue weighted by molar-refractivity contribution is 6.00. The van der Waals surface area contributed by atoms with Crippen LogP contribution in [0.5, 0.6) is 0 Å². The summed E-state index contributed by atoms with van der Waals surface area (Å²) in [7, 11) is 2.18. The summed E-state index contributed by atoms with van der Waals surface area (Å²) in [5.74, 6) is 0.840. The summed E-state index contributed by atoms with van der Waals surface area (Å²) in [6, 6.07) is 0. The average Bonchev–Trinajstić information content (AvgIpc) is 2.77. The molecule has 0 aromatic carbocycles. The number of ketones is 1. The van der Waals surface area contributed by atoms with Crippen molar-refractivity contribution in [3.8, 4) is 0 Å². The first kappa shape index (κ1) is 14.8. The summed E-state index contributed by atoms with van der Waals surface area (Å²) >= 11 is 0. The Morgan fingerprint density at radius 1 is 1.19 bits per heavy atom. The molecule has 0 radical (unpaired) electrons. The van der Waals surface area contributed by atoms with Crippen molar-refractivity contribution in [3.63, 3.8) is 0 Å². The Morgan fingerprint density at radius 2 is 1.90 bits per heavy atom. The zero-order valence-electron chi connectivity index (χ0n) is 13.5. The van der Waals surface area contributed by atoms with Gasteiger partial charge in [0.2, 0.25) is 0 Å². The molecule has 0 spiro atoms. The van der Waals surface area contributed by atoms with Gasteiger partial charge >= 0.3 is 0 Å². The van der Waals surface area contributed by atoms with Crippen LogP contribution in [0.3, 0.4) is 0 Å². The van der Waals surface area contributed by atoms with E-state index in [1.807, 2.05) is 0 Å². The molecule has 2 aliphatic rings. The number of likely N-dealkylation sites (N-methyl/N-ethyl adjacent to an activating group) is 1. The number of aromatic amines is 1. The number of rotatable bonds is 3. The van der Waals surface area contributed by atoms with E-state index in [-0.39, 0.29) is 0 Å². The van der Waals surface area contributed by atoms with Crippen molar-refractivity contribution in [2.24, 2.45) is 5.92 Å². The van der Waals surface area contributed by atoms with Crippen LogP contribution in [0.1, 0.15) is 40.7 Å². The van der Waals surface area contributed by atoms with Gasteiger partial charge in [-0.05, 0) is 38.3 Å². The highest BCUT2D eigenvalue weighted by Gasteiger charge is 2.31. The molecule has 1 unspecified atom stereocenters. The lowest BCUT2D eigenvalue weighted by Gasteiger charge is -2.35. The predicted molar refractivity (Wildman–Crippen MR) is 85.0 cm³/mol.